The lowest BCUT2D eigenvalue weighted by Gasteiger charge is -2.28. The van der Waals surface area contributed by atoms with Gasteiger partial charge in [0.15, 0.2) is 0 Å². The van der Waals surface area contributed by atoms with Gasteiger partial charge in [0.25, 0.3) is 0 Å². The number of fused-ring (bicyclic) bond motifs is 2. The maximum Gasteiger partial charge on any atom is 0.411 e. The Morgan fingerprint density at radius 2 is 1.92 bits per heavy atom. The Balaban J connectivity index is 1.36. The number of ether oxygens (including phenoxy) is 2. The van der Waals surface area contributed by atoms with E-state index in [9.17, 15) is 14.4 Å². The summed E-state index contributed by atoms with van der Waals surface area (Å²) in [5.74, 6) is 5.02. The van der Waals surface area contributed by atoms with Gasteiger partial charge in [-0.15, -0.1) is 11.8 Å². The van der Waals surface area contributed by atoms with Crippen molar-refractivity contribution in [3.8, 4) is 5.75 Å². The van der Waals surface area contributed by atoms with Gasteiger partial charge in [-0.1, -0.05) is 18.6 Å². The molecule has 2 bridgehead atoms. The molecule has 3 fully saturated rings. The summed E-state index contributed by atoms with van der Waals surface area (Å²) < 4.78 is 10.7. The van der Waals surface area contributed by atoms with Crippen molar-refractivity contribution in [2.75, 3.05) is 30.2 Å². The third-order valence-electron chi connectivity index (χ3n) is 7.57. The predicted octanol–water partition coefficient (Wildman–Crippen LogP) is 4.28. The van der Waals surface area contributed by atoms with Crippen molar-refractivity contribution in [3.63, 3.8) is 0 Å². The predicted molar refractivity (Wildman–Crippen MR) is 152 cm³/mol. The molecule has 4 rings (SSSR count). The van der Waals surface area contributed by atoms with Gasteiger partial charge in [0, 0.05) is 18.1 Å². The summed E-state index contributed by atoms with van der Waals surface area (Å²) in [6, 6.07) is 6.18. The lowest BCUT2D eigenvalue weighted by Crippen LogP contribution is -2.55. The third-order valence-corrected chi connectivity index (χ3v) is 9.82. The second-order valence-electron chi connectivity index (χ2n) is 11.6. The van der Waals surface area contributed by atoms with Gasteiger partial charge in [0.05, 0.1) is 13.0 Å². The molecular formula is C28H41N3O5S2. The molecular weight excluding hydrogens is 522 g/mol. The third kappa shape index (κ3) is 7.74. The molecule has 3 aliphatic rings. The van der Waals surface area contributed by atoms with Crippen LogP contribution in [0.5, 0.6) is 5.75 Å². The molecule has 2 aliphatic carbocycles. The van der Waals surface area contributed by atoms with E-state index in [-0.39, 0.29) is 11.8 Å². The van der Waals surface area contributed by atoms with E-state index in [1.807, 2.05) is 24.3 Å². The number of carbonyl (C=O) groups excluding carboxylic acids is 3. The van der Waals surface area contributed by atoms with E-state index in [1.54, 1.807) is 39.6 Å². The van der Waals surface area contributed by atoms with Crippen LogP contribution >= 0.6 is 23.5 Å². The molecule has 0 radical (unpaired) electrons. The number of hydrogen-bond acceptors (Lipinski definition) is 7. The summed E-state index contributed by atoms with van der Waals surface area (Å²) in [5, 5.41) is 5.95. The molecule has 0 unspecified atom stereocenters. The minimum absolute atomic E-state index is 0.218. The maximum atomic E-state index is 13.3. The minimum Gasteiger partial charge on any atom is -0.497 e. The molecule has 210 valence electrons. The van der Waals surface area contributed by atoms with Crippen molar-refractivity contribution in [2.45, 2.75) is 70.7 Å². The molecule has 1 aromatic carbocycles. The fourth-order valence-corrected chi connectivity index (χ4v) is 8.04. The van der Waals surface area contributed by atoms with Crippen LogP contribution in [0.25, 0.3) is 0 Å². The van der Waals surface area contributed by atoms with Crippen LogP contribution in [0, 0.1) is 17.8 Å². The van der Waals surface area contributed by atoms with Gasteiger partial charge in [-0.2, -0.15) is 11.8 Å². The van der Waals surface area contributed by atoms with Gasteiger partial charge >= 0.3 is 6.09 Å². The highest BCUT2D eigenvalue weighted by Gasteiger charge is 2.40. The Morgan fingerprint density at radius 3 is 2.55 bits per heavy atom. The number of hydrogen-bond donors (Lipinski definition) is 2. The monoisotopic (exact) mass is 563 g/mol. The first-order valence-electron chi connectivity index (χ1n) is 13.5. The van der Waals surface area contributed by atoms with Crippen LogP contribution < -0.4 is 15.4 Å². The highest BCUT2D eigenvalue weighted by molar-refractivity contribution is 7.99. The first-order chi connectivity index (χ1) is 18.1. The summed E-state index contributed by atoms with van der Waals surface area (Å²) in [7, 11) is 1.62. The highest BCUT2D eigenvalue weighted by atomic mass is 32.2. The van der Waals surface area contributed by atoms with Crippen LogP contribution in [0.15, 0.2) is 24.3 Å². The van der Waals surface area contributed by atoms with Crippen LogP contribution in [0.3, 0.4) is 0 Å². The number of nitrogens with zero attached hydrogens (tertiary/aromatic N) is 1. The standard InChI is InChI=1S/C28H41N3O5S2/c1-28(2,3)36-27(34)31-17-38-16-24(31)26(33)30-23(15-37-14-21-12-19-5-8-20(21)11-19)25(32)29-13-18-6-9-22(35-4)10-7-18/h6-7,9-10,19-21,23-24H,5,8,11-17H2,1-4H3,(H,29,32)(H,30,33)/t19-,20+,21-,23-,24-/m0/s1. The number of amides is 3. The lowest BCUT2D eigenvalue weighted by atomic mass is 9.90. The summed E-state index contributed by atoms with van der Waals surface area (Å²) in [6.45, 7) is 5.77. The molecule has 8 nitrogen and oxygen atoms in total. The van der Waals surface area contributed by atoms with Crippen LogP contribution in [0.1, 0.15) is 52.0 Å². The van der Waals surface area contributed by atoms with Gasteiger partial charge in [0.1, 0.15) is 23.4 Å². The van der Waals surface area contributed by atoms with E-state index in [0.717, 1.165) is 28.9 Å². The number of carbonyl (C=O) groups is 3. The molecule has 2 N–H and O–H groups in total. The smallest absolute Gasteiger partial charge is 0.411 e. The average Bonchev–Trinajstić information content (AvgIpc) is 3.63. The molecule has 0 spiro atoms. The largest absolute Gasteiger partial charge is 0.497 e. The number of methoxy groups -OCH3 is 1. The SMILES string of the molecule is COc1ccc(CNC(=O)[C@H](CSC[C@@H]2C[C@H]3CC[C@@H]2C3)NC(=O)[C@@H]2CSCN2C(=O)OC(C)(C)C)cc1. The van der Waals surface area contributed by atoms with Crippen molar-refractivity contribution in [1.29, 1.82) is 0 Å². The lowest BCUT2D eigenvalue weighted by molar-refractivity contribution is -0.130. The molecule has 3 amide bonds. The molecule has 1 aromatic rings. The molecule has 1 aliphatic heterocycles. The van der Waals surface area contributed by atoms with Crippen LogP contribution in [-0.4, -0.2) is 70.7 Å². The van der Waals surface area contributed by atoms with Crippen molar-refractivity contribution < 1.29 is 23.9 Å². The quantitative estimate of drug-likeness (QED) is 0.439. The Labute approximate surface area is 234 Å². The van der Waals surface area contributed by atoms with Gasteiger partial charge in [-0.25, -0.2) is 4.79 Å². The van der Waals surface area contributed by atoms with Gasteiger partial charge in [-0.05, 0) is 81.2 Å². The second-order valence-corrected chi connectivity index (χ2v) is 13.6. The Hall–Kier alpha value is -2.07. The van der Waals surface area contributed by atoms with E-state index in [0.29, 0.717) is 29.8 Å². The van der Waals surface area contributed by atoms with E-state index in [2.05, 4.69) is 10.6 Å². The van der Waals surface area contributed by atoms with Crippen molar-refractivity contribution in [3.05, 3.63) is 29.8 Å². The summed E-state index contributed by atoms with van der Waals surface area (Å²) in [5.41, 5.74) is 0.299. The molecule has 0 aromatic heterocycles. The molecule has 1 heterocycles. The van der Waals surface area contributed by atoms with Crippen LogP contribution in [0.2, 0.25) is 0 Å². The summed E-state index contributed by atoms with van der Waals surface area (Å²) in [4.78, 5) is 40.8. The normalized spacial score (nSPS) is 25.2. The number of rotatable bonds is 10. The summed E-state index contributed by atoms with van der Waals surface area (Å²) >= 11 is 3.26. The van der Waals surface area contributed by atoms with E-state index in [4.69, 9.17) is 9.47 Å². The zero-order valence-corrected chi connectivity index (χ0v) is 24.5. The zero-order valence-electron chi connectivity index (χ0n) is 22.9. The first-order valence-corrected chi connectivity index (χ1v) is 15.8. The summed E-state index contributed by atoms with van der Waals surface area (Å²) in [6.07, 6.45) is 4.84. The second kappa shape index (κ2) is 12.9. The zero-order chi connectivity index (χ0) is 27.3. The van der Waals surface area contributed by atoms with Gasteiger partial charge < -0.3 is 20.1 Å². The van der Waals surface area contributed by atoms with E-state index in [1.165, 1.54) is 42.3 Å². The van der Waals surface area contributed by atoms with Gasteiger partial charge in [-0.3, -0.25) is 14.5 Å². The minimum atomic E-state index is -0.685. The van der Waals surface area contributed by atoms with E-state index < -0.39 is 23.8 Å². The molecule has 10 heteroatoms. The molecule has 5 atom stereocenters. The van der Waals surface area contributed by atoms with Crippen molar-refractivity contribution >= 4 is 41.4 Å². The average molecular weight is 564 g/mol. The molecule has 2 saturated carbocycles. The van der Waals surface area contributed by atoms with E-state index >= 15 is 0 Å². The number of thioether (sulfide) groups is 2. The highest BCUT2D eigenvalue weighted by Crippen LogP contribution is 2.49. The number of benzene rings is 1. The fourth-order valence-electron chi connectivity index (χ4n) is 5.58. The topological polar surface area (TPSA) is 97.0 Å². The Morgan fingerprint density at radius 1 is 1.16 bits per heavy atom. The molecule has 1 saturated heterocycles. The van der Waals surface area contributed by atoms with Gasteiger partial charge in [0.2, 0.25) is 11.8 Å². The Bertz CT molecular complexity index is 984. The van der Waals surface area contributed by atoms with Crippen LogP contribution in [0.4, 0.5) is 4.79 Å². The van der Waals surface area contributed by atoms with Crippen LogP contribution in [-0.2, 0) is 20.9 Å². The Kier molecular flexibility index (Phi) is 9.79. The van der Waals surface area contributed by atoms with Crippen molar-refractivity contribution in [1.82, 2.24) is 15.5 Å². The van der Waals surface area contributed by atoms with Crippen molar-refractivity contribution in [2.24, 2.45) is 17.8 Å². The fraction of sp³-hybridized carbons (Fsp3) is 0.679. The molecule has 38 heavy (non-hydrogen) atoms. The maximum absolute atomic E-state index is 13.3. The first kappa shape index (κ1) is 28.9. The number of nitrogens with one attached hydrogen (secondary N) is 2.